The van der Waals surface area contributed by atoms with Crippen molar-refractivity contribution in [3.05, 3.63) is 53.9 Å². The first-order chi connectivity index (χ1) is 13.5. The second-order valence-corrected chi connectivity index (χ2v) is 6.66. The van der Waals surface area contributed by atoms with Crippen LogP contribution in [-0.2, 0) is 6.54 Å². The molecular formula is C20H21FN6O. The molecule has 4 heterocycles. The molecule has 0 radical (unpaired) electrons. The van der Waals surface area contributed by atoms with Crippen LogP contribution in [0.25, 0.3) is 22.6 Å². The number of aromatic nitrogens is 5. The third-order valence-corrected chi connectivity index (χ3v) is 4.44. The number of hydrogen-bond donors (Lipinski definition) is 0. The lowest BCUT2D eigenvalue weighted by Crippen LogP contribution is -2.16. The second kappa shape index (κ2) is 7.38. The van der Waals surface area contributed by atoms with Gasteiger partial charge in [-0.3, -0.25) is 4.98 Å². The largest absolute Gasteiger partial charge is 0.464 e. The Balaban J connectivity index is 1.91. The van der Waals surface area contributed by atoms with Crippen LogP contribution in [0.5, 0.6) is 6.01 Å². The minimum Gasteiger partial charge on any atom is -0.464 e. The van der Waals surface area contributed by atoms with Gasteiger partial charge in [-0.15, -0.1) is 0 Å². The van der Waals surface area contributed by atoms with Crippen molar-refractivity contribution in [3.8, 4) is 17.4 Å². The van der Waals surface area contributed by atoms with Crippen LogP contribution < -0.4 is 4.74 Å². The van der Waals surface area contributed by atoms with Gasteiger partial charge in [0.25, 0.3) is 0 Å². The first kappa shape index (κ1) is 18.1. The van der Waals surface area contributed by atoms with Crippen LogP contribution in [0, 0.1) is 12.7 Å². The van der Waals surface area contributed by atoms with Crippen LogP contribution in [0.4, 0.5) is 4.39 Å². The number of pyridine rings is 1. The average molecular weight is 380 g/mol. The molecule has 0 atom stereocenters. The highest BCUT2D eigenvalue weighted by Crippen LogP contribution is 2.28. The molecule has 0 saturated carbocycles. The summed E-state index contributed by atoms with van der Waals surface area (Å²) in [7, 11) is 2.02. The maximum Gasteiger partial charge on any atom is 0.318 e. The molecule has 0 spiro atoms. The fourth-order valence-corrected chi connectivity index (χ4v) is 3.24. The summed E-state index contributed by atoms with van der Waals surface area (Å²) in [4.78, 5) is 19.7. The average Bonchev–Trinajstić information content (AvgIpc) is 3.01. The van der Waals surface area contributed by atoms with Gasteiger partial charge in [-0.2, -0.15) is 9.97 Å². The van der Waals surface area contributed by atoms with Crippen LogP contribution in [0.15, 0.2) is 42.4 Å². The molecule has 3 aromatic heterocycles. The number of allylic oxidation sites excluding steroid dienone is 2. The van der Waals surface area contributed by atoms with Gasteiger partial charge in [-0.1, -0.05) is 12.2 Å². The van der Waals surface area contributed by atoms with Gasteiger partial charge in [-0.05, 0) is 25.5 Å². The lowest BCUT2D eigenvalue weighted by Gasteiger charge is -2.19. The predicted molar refractivity (Wildman–Crippen MR) is 104 cm³/mol. The molecule has 0 bridgehead atoms. The highest BCUT2D eigenvalue weighted by atomic mass is 19.1. The molecule has 8 heteroatoms. The number of aryl methyl sites for hydroxylation is 1. The Labute approximate surface area is 162 Å². The van der Waals surface area contributed by atoms with Gasteiger partial charge in [0.05, 0.1) is 25.0 Å². The van der Waals surface area contributed by atoms with E-state index in [0.717, 1.165) is 12.1 Å². The third kappa shape index (κ3) is 3.45. The number of fused-ring (bicyclic) bond motifs is 1. The third-order valence-electron chi connectivity index (χ3n) is 4.44. The first-order valence-electron chi connectivity index (χ1n) is 9.11. The van der Waals surface area contributed by atoms with E-state index in [1.165, 1.54) is 12.3 Å². The predicted octanol–water partition coefficient (Wildman–Crippen LogP) is 3.12. The van der Waals surface area contributed by atoms with Crippen LogP contribution in [-0.4, -0.2) is 49.6 Å². The van der Waals surface area contributed by atoms with Crippen LogP contribution in [0.3, 0.4) is 0 Å². The zero-order valence-corrected chi connectivity index (χ0v) is 16.1. The summed E-state index contributed by atoms with van der Waals surface area (Å²) in [6.45, 7) is 5.62. The molecular weight excluding hydrogens is 359 g/mol. The topological polar surface area (TPSA) is 69.0 Å². The number of rotatable bonds is 5. The maximum atomic E-state index is 13.8. The van der Waals surface area contributed by atoms with Crippen molar-refractivity contribution in [2.45, 2.75) is 20.4 Å². The molecule has 0 fully saturated rings. The molecule has 0 amide bonds. The van der Waals surface area contributed by atoms with Crippen molar-refractivity contribution in [1.82, 2.24) is 29.4 Å². The van der Waals surface area contributed by atoms with E-state index in [2.05, 4.69) is 38.2 Å². The summed E-state index contributed by atoms with van der Waals surface area (Å²) in [5, 5.41) is 0. The Hall–Kier alpha value is -3.29. The highest BCUT2D eigenvalue weighted by molar-refractivity contribution is 5.79. The Morgan fingerprint density at radius 1 is 1.21 bits per heavy atom. The van der Waals surface area contributed by atoms with Gasteiger partial charge >= 0.3 is 6.01 Å². The lowest BCUT2D eigenvalue weighted by molar-refractivity contribution is 0.313. The quantitative estimate of drug-likeness (QED) is 0.677. The van der Waals surface area contributed by atoms with E-state index in [9.17, 15) is 4.39 Å². The molecule has 144 valence electrons. The van der Waals surface area contributed by atoms with E-state index >= 15 is 0 Å². The van der Waals surface area contributed by atoms with Crippen molar-refractivity contribution in [2.75, 3.05) is 20.2 Å². The molecule has 0 N–H and O–H groups in total. The zero-order valence-electron chi connectivity index (χ0n) is 16.1. The molecule has 0 aliphatic carbocycles. The number of halogens is 1. The van der Waals surface area contributed by atoms with E-state index in [-0.39, 0.29) is 0 Å². The molecule has 0 aromatic carbocycles. The standard InChI is InChI=1S/C20H21FN6O/c1-4-28-20-23-13(2)17-19(25-20)27(12-14-6-5-7-26(3)11-14)18(24-17)15-8-16(21)10-22-9-15/h5-6,8-11H,4,7,12H2,1-3H3. The summed E-state index contributed by atoms with van der Waals surface area (Å²) < 4.78 is 21.3. The van der Waals surface area contributed by atoms with E-state index in [1.54, 1.807) is 6.20 Å². The van der Waals surface area contributed by atoms with Crippen molar-refractivity contribution in [2.24, 2.45) is 0 Å². The molecule has 28 heavy (non-hydrogen) atoms. The van der Waals surface area contributed by atoms with Crippen molar-refractivity contribution in [3.63, 3.8) is 0 Å². The molecule has 4 rings (SSSR count). The monoisotopic (exact) mass is 380 g/mol. The number of ether oxygens (including phenoxy) is 1. The maximum absolute atomic E-state index is 13.8. The zero-order chi connectivity index (χ0) is 19.7. The van der Waals surface area contributed by atoms with E-state index in [4.69, 9.17) is 9.72 Å². The number of likely N-dealkylation sites (N-methyl/N-ethyl adjacent to an activating group) is 1. The SMILES string of the molecule is CCOc1nc(C)c2nc(-c3cncc(F)c3)n(CC3=CN(C)CC=C3)c2n1. The molecule has 1 aliphatic rings. The van der Waals surface area contributed by atoms with Gasteiger partial charge in [0.2, 0.25) is 0 Å². The van der Waals surface area contributed by atoms with Gasteiger partial charge in [0, 0.05) is 31.6 Å². The molecule has 0 saturated heterocycles. The van der Waals surface area contributed by atoms with Crippen LogP contribution in [0.1, 0.15) is 12.6 Å². The highest BCUT2D eigenvalue weighted by Gasteiger charge is 2.19. The Kier molecular flexibility index (Phi) is 4.77. The number of nitrogens with zero attached hydrogens (tertiary/aromatic N) is 6. The molecule has 1 aliphatic heterocycles. The van der Waals surface area contributed by atoms with Crippen LogP contribution in [0.2, 0.25) is 0 Å². The Bertz CT molecular complexity index is 1090. The van der Waals surface area contributed by atoms with Crippen molar-refractivity contribution >= 4 is 11.2 Å². The van der Waals surface area contributed by atoms with Gasteiger partial charge in [0.1, 0.15) is 17.2 Å². The van der Waals surface area contributed by atoms with Crippen molar-refractivity contribution in [1.29, 1.82) is 0 Å². The second-order valence-electron chi connectivity index (χ2n) is 6.66. The van der Waals surface area contributed by atoms with E-state index in [0.29, 0.717) is 47.4 Å². The molecule has 7 nitrogen and oxygen atoms in total. The molecule has 0 unspecified atom stereocenters. The summed E-state index contributed by atoms with van der Waals surface area (Å²) in [6, 6.07) is 1.73. The number of hydrogen-bond acceptors (Lipinski definition) is 6. The van der Waals surface area contributed by atoms with E-state index in [1.807, 2.05) is 25.5 Å². The normalized spacial score (nSPS) is 13.9. The first-order valence-corrected chi connectivity index (χ1v) is 9.11. The lowest BCUT2D eigenvalue weighted by atomic mass is 10.2. The Morgan fingerprint density at radius 3 is 2.82 bits per heavy atom. The van der Waals surface area contributed by atoms with Crippen LogP contribution >= 0.6 is 0 Å². The Morgan fingerprint density at radius 2 is 2.07 bits per heavy atom. The minimum absolute atomic E-state index is 0.308. The fourth-order valence-electron chi connectivity index (χ4n) is 3.24. The van der Waals surface area contributed by atoms with Gasteiger partial charge in [-0.25, -0.2) is 9.37 Å². The van der Waals surface area contributed by atoms with E-state index < -0.39 is 5.82 Å². The van der Waals surface area contributed by atoms with Crippen molar-refractivity contribution < 1.29 is 9.13 Å². The summed E-state index contributed by atoms with van der Waals surface area (Å²) >= 11 is 0. The summed E-state index contributed by atoms with van der Waals surface area (Å²) in [5.41, 5.74) is 3.70. The van der Waals surface area contributed by atoms with Gasteiger partial charge in [0.15, 0.2) is 5.65 Å². The number of imidazole rings is 1. The minimum atomic E-state index is -0.412. The molecule has 3 aromatic rings. The summed E-state index contributed by atoms with van der Waals surface area (Å²) in [5.74, 6) is 0.181. The summed E-state index contributed by atoms with van der Waals surface area (Å²) in [6.07, 6.45) is 9.04. The fraction of sp³-hybridized carbons (Fsp3) is 0.300. The smallest absolute Gasteiger partial charge is 0.318 e. The van der Waals surface area contributed by atoms with Gasteiger partial charge < -0.3 is 14.2 Å².